The van der Waals surface area contributed by atoms with Crippen molar-refractivity contribution in [3.63, 3.8) is 0 Å². The Morgan fingerprint density at radius 2 is 0.761 bits per heavy atom. The molecule has 0 N–H and O–H groups in total. The molecule has 0 radical (unpaired) electrons. The lowest BCUT2D eigenvalue weighted by atomic mass is 9.70. The van der Waals surface area contributed by atoms with Gasteiger partial charge >= 0.3 is 0 Å². The highest BCUT2D eigenvalue weighted by atomic mass is 15.1. The molecule has 1 heteroatoms. The number of rotatable bonds is 3. The molecule has 0 fully saturated rings. The molecule has 2 aliphatic rings. The highest BCUT2D eigenvalue weighted by Gasteiger charge is 2.52. The minimum atomic E-state index is -0.381. The Morgan fingerprint density at radius 1 is 0.326 bits per heavy atom. The van der Waals surface area contributed by atoms with Gasteiger partial charge in [-0.2, -0.15) is 0 Å². The molecule has 2 aliphatic carbocycles. The molecule has 0 heterocycles. The summed E-state index contributed by atoms with van der Waals surface area (Å²) in [6.45, 7) is 0. The lowest BCUT2D eigenvalue weighted by molar-refractivity contribution is 0.794. The Kier molecular flexibility index (Phi) is 5.27. The predicted molar refractivity (Wildman–Crippen MR) is 192 cm³/mol. The van der Waals surface area contributed by atoms with E-state index in [0.717, 1.165) is 11.4 Å². The van der Waals surface area contributed by atoms with Gasteiger partial charge in [0.05, 0.1) is 11.1 Å². The second kappa shape index (κ2) is 9.54. The lowest BCUT2D eigenvalue weighted by Gasteiger charge is -2.32. The van der Waals surface area contributed by atoms with E-state index in [1.54, 1.807) is 0 Å². The summed E-state index contributed by atoms with van der Waals surface area (Å²) in [5, 5.41) is 4.95. The summed E-state index contributed by atoms with van der Waals surface area (Å²) >= 11 is 0. The molecule has 0 aromatic heterocycles. The Hall–Kier alpha value is -5.92. The third-order valence-electron chi connectivity index (χ3n) is 10.2. The molecule has 10 rings (SSSR count). The highest BCUT2D eigenvalue weighted by molar-refractivity contribution is 6.02. The van der Waals surface area contributed by atoms with Crippen molar-refractivity contribution in [2.24, 2.45) is 0 Å². The minimum absolute atomic E-state index is 0.381. The topological polar surface area (TPSA) is 3.24 Å². The molecule has 1 nitrogen and oxygen atoms in total. The van der Waals surface area contributed by atoms with Crippen LogP contribution in [0.25, 0.3) is 43.8 Å². The Labute approximate surface area is 268 Å². The number of hydrogen-bond acceptors (Lipinski definition) is 1. The molecule has 0 aliphatic heterocycles. The Bertz CT molecular complexity index is 2380. The van der Waals surface area contributed by atoms with Crippen molar-refractivity contribution in [2.75, 3.05) is 4.90 Å². The quantitative estimate of drug-likeness (QED) is 0.200. The summed E-state index contributed by atoms with van der Waals surface area (Å²) in [5.41, 5.74) is 13.8. The van der Waals surface area contributed by atoms with Crippen LogP contribution in [0.2, 0.25) is 0 Å². The van der Waals surface area contributed by atoms with Crippen molar-refractivity contribution < 1.29 is 0 Å². The zero-order valence-electron chi connectivity index (χ0n) is 25.2. The molecule has 8 aromatic carbocycles. The monoisotopic (exact) mass is 583 g/mol. The van der Waals surface area contributed by atoms with E-state index in [2.05, 4.69) is 181 Å². The van der Waals surface area contributed by atoms with Crippen LogP contribution in [0.4, 0.5) is 17.1 Å². The van der Waals surface area contributed by atoms with E-state index in [0.29, 0.717) is 0 Å². The van der Waals surface area contributed by atoms with E-state index in [9.17, 15) is 0 Å². The van der Waals surface area contributed by atoms with Crippen molar-refractivity contribution in [1.82, 2.24) is 0 Å². The average molecular weight is 584 g/mol. The lowest BCUT2D eigenvalue weighted by Crippen LogP contribution is -2.26. The first-order chi connectivity index (χ1) is 22.8. The van der Waals surface area contributed by atoms with Crippen molar-refractivity contribution in [2.45, 2.75) is 5.41 Å². The van der Waals surface area contributed by atoms with Gasteiger partial charge in [0.25, 0.3) is 0 Å². The van der Waals surface area contributed by atoms with Gasteiger partial charge in [0.15, 0.2) is 0 Å². The third kappa shape index (κ3) is 3.35. The van der Waals surface area contributed by atoms with Gasteiger partial charge in [0.1, 0.15) is 0 Å². The van der Waals surface area contributed by atoms with Crippen LogP contribution in [0.1, 0.15) is 22.3 Å². The van der Waals surface area contributed by atoms with Crippen molar-refractivity contribution >= 4 is 38.6 Å². The first kappa shape index (κ1) is 25.4. The summed E-state index contributed by atoms with van der Waals surface area (Å²) < 4.78 is 0. The molecular weight excluding hydrogens is 555 g/mol. The maximum Gasteiger partial charge on any atom is 0.0726 e. The molecular formula is C45H29N. The van der Waals surface area contributed by atoms with Crippen LogP contribution in [-0.4, -0.2) is 0 Å². The molecule has 8 aromatic rings. The Balaban J connectivity index is 1.31. The highest BCUT2D eigenvalue weighted by Crippen LogP contribution is 2.64. The van der Waals surface area contributed by atoms with Crippen LogP contribution in [0.5, 0.6) is 0 Å². The molecule has 0 saturated heterocycles. The SMILES string of the molecule is c1ccc2c(c1)-c1ccccc1C21c2ccccc2-c2c(N(c3ccc4ccccc4c3)c3ccc4ccccc4c3)cccc21. The summed E-state index contributed by atoms with van der Waals surface area (Å²) in [5.74, 6) is 0. The molecule has 0 saturated carbocycles. The maximum absolute atomic E-state index is 2.47. The molecule has 0 atom stereocenters. The van der Waals surface area contributed by atoms with Crippen LogP contribution in [0, 0.1) is 0 Å². The third-order valence-corrected chi connectivity index (χ3v) is 10.2. The van der Waals surface area contributed by atoms with E-state index in [-0.39, 0.29) is 5.41 Å². The normalized spacial score (nSPS) is 13.4. The summed E-state index contributed by atoms with van der Waals surface area (Å²) in [6, 6.07) is 65.1. The van der Waals surface area contributed by atoms with Gasteiger partial charge < -0.3 is 4.90 Å². The Morgan fingerprint density at radius 3 is 1.33 bits per heavy atom. The van der Waals surface area contributed by atoms with Gasteiger partial charge in [-0.15, -0.1) is 0 Å². The van der Waals surface area contributed by atoms with Crippen LogP contribution in [-0.2, 0) is 5.41 Å². The van der Waals surface area contributed by atoms with E-state index < -0.39 is 0 Å². The van der Waals surface area contributed by atoms with E-state index in [1.807, 2.05) is 0 Å². The smallest absolute Gasteiger partial charge is 0.0726 e. The van der Waals surface area contributed by atoms with Crippen LogP contribution in [0.15, 0.2) is 176 Å². The number of anilines is 3. The standard InChI is InChI=1S/C45H29N/c1-3-14-32-28-34(26-24-30(32)12-1)46(35-27-25-31-13-2-4-15-33(31)29-35)43-23-11-22-42-44(43)38-18-7-10-21-41(38)45(42)39-19-8-5-16-36(39)37-17-6-9-20-40(37)45/h1-29H. The van der Waals surface area contributed by atoms with Crippen LogP contribution in [0.3, 0.4) is 0 Å². The average Bonchev–Trinajstić information content (AvgIpc) is 3.60. The van der Waals surface area contributed by atoms with Crippen LogP contribution >= 0.6 is 0 Å². The minimum Gasteiger partial charge on any atom is -0.310 e. The second-order valence-corrected chi connectivity index (χ2v) is 12.5. The van der Waals surface area contributed by atoms with Gasteiger partial charge in [-0.25, -0.2) is 0 Å². The zero-order valence-corrected chi connectivity index (χ0v) is 25.2. The fourth-order valence-corrected chi connectivity index (χ4v) is 8.37. The summed E-state index contributed by atoms with van der Waals surface area (Å²) in [7, 11) is 0. The van der Waals surface area contributed by atoms with E-state index >= 15 is 0 Å². The first-order valence-corrected chi connectivity index (χ1v) is 16.0. The maximum atomic E-state index is 2.47. The second-order valence-electron chi connectivity index (χ2n) is 12.5. The molecule has 0 unspecified atom stereocenters. The van der Waals surface area contributed by atoms with Crippen molar-refractivity contribution in [3.8, 4) is 22.3 Å². The molecule has 46 heavy (non-hydrogen) atoms. The first-order valence-electron chi connectivity index (χ1n) is 16.0. The molecule has 214 valence electrons. The fraction of sp³-hybridized carbons (Fsp3) is 0.0222. The number of nitrogens with zero attached hydrogens (tertiary/aromatic N) is 1. The zero-order chi connectivity index (χ0) is 30.2. The van der Waals surface area contributed by atoms with E-state index in [1.165, 1.54) is 71.7 Å². The fourth-order valence-electron chi connectivity index (χ4n) is 8.37. The van der Waals surface area contributed by atoms with Crippen molar-refractivity contribution in [3.05, 3.63) is 198 Å². The largest absolute Gasteiger partial charge is 0.310 e. The van der Waals surface area contributed by atoms with Gasteiger partial charge in [-0.3, -0.25) is 0 Å². The van der Waals surface area contributed by atoms with Gasteiger partial charge in [-0.1, -0.05) is 146 Å². The summed E-state index contributed by atoms with van der Waals surface area (Å²) in [6.07, 6.45) is 0. The number of benzene rings is 8. The van der Waals surface area contributed by atoms with Gasteiger partial charge in [0, 0.05) is 16.9 Å². The molecule has 1 spiro atoms. The molecule has 0 bridgehead atoms. The van der Waals surface area contributed by atoms with Crippen molar-refractivity contribution in [1.29, 1.82) is 0 Å². The van der Waals surface area contributed by atoms with Gasteiger partial charge in [-0.05, 0) is 90.8 Å². The number of fused-ring (bicyclic) bond motifs is 12. The van der Waals surface area contributed by atoms with E-state index in [4.69, 9.17) is 0 Å². The number of hydrogen-bond donors (Lipinski definition) is 0. The summed E-state index contributed by atoms with van der Waals surface area (Å²) in [4.78, 5) is 2.47. The predicted octanol–water partition coefficient (Wildman–Crippen LogP) is 11.8. The molecule has 0 amide bonds. The van der Waals surface area contributed by atoms with Gasteiger partial charge in [0.2, 0.25) is 0 Å². The van der Waals surface area contributed by atoms with Crippen LogP contribution < -0.4 is 4.90 Å².